The maximum Gasteiger partial charge on any atom is 0.365 e. The molecule has 2 aromatic carbocycles. The van der Waals surface area contributed by atoms with Gasteiger partial charge in [-0.05, 0) is 25.1 Å². The molecule has 0 aliphatic carbocycles. The lowest BCUT2D eigenvalue weighted by Crippen LogP contribution is -2.21. The zero-order valence-corrected chi connectivity index (χ0v) is 14.0. The molecule has 0 spiro atoms. The van der Waals surface area contributed by atoms with Gasteiger partial charge >= 0.3 is 5.63 Å². The summed E-state index contributed by atoms with van der Waals surface area (Å²) in [6.45, 7) is 1.74. The van der Waals surface area contributed by atoms with Crippen LogP contribution in [0.5, 0.6) is 0 Å². The average molecular weight is 345 g/mol. The fraction of sp³-hybridized carbons (Fsp3) is 0.0500. The van der Waals surface area contributed by atoms with Crippen LogP contribution in [0.15, 0.2) is 80.7 Å². The standard InChI is InChI=1S/C20H15N3O3/c1-13-16(19(24)23(21-13)15-10-6-3-7-11-15)12-17-18(22-26-20(17)25)14-8-4-2-5-9-14/h2-12,22H,1H3/b16-12-. The highest BCUT2D eigenvalue weighted by Crippen LogP contribution is 2.26. The molecular formula is C20H15N3O3. The normalized spacial score (nSPS) is 15.6. The molecule has 0 saturated carbocycles. The Morgan fingerprint density at radius 1 is 1.00 bits per heavy atom. The molecule has 0 saturated heterocycles. The number of benzene rings is 2. The smallest absolute Gasteiger partial charge is 0.338 e. The topological polar surface area (TPSA) is 78.7 Å². The Balaban J connectivity index is 1.77. The van der Waals surface area contributed by atoms with E-state index in [1.165, 1.54) is 11.1 Å². The van der Waals surface area contributed by atoms with Gasteiger partial charge in [0.1, 0.15) is 0 Å². The molecule has 0 atom stereocenters. The van der Waals surface area contributed by atoms with Crippen molar-refractivity contribution in [3.8, 4) is 11.3 Å². The van der Waals surface area contributed by atoms with Crippen molar-refractivity contribution in [2.75, 3.05) is 5.01 Å². The SMILES string of the molecule is CC1=NN(c2ccccc2)C(=O)/C1=C\c1c(-c2ccccc2)[nH]oc1=O. The highest BCUT2D eigenvalue weighted by Gasteiger charge is 2.29. The molecular weight excluding hydrogens is 330 g/mol. The van der Waals surface area contributed by atoms with E-state index in [1.54, 1.807) is 19.1 Å². The molecule has 128 valence electrons. The molecule has 1 aromatic heterocycles. The van der Waals surface area contributed by atoms with Gasteiger partial charge in [-0.25, -0.2) is 9.95 Å². The van der Waals surface area contributed by atoms with Crippen LogP contribution in [0, 0.1) is 0 Å². The van der Waals surface area contributed by atoms with E-state index in [-0.39, 0.29) is 5.91 Å². The van der Waals surface area contributed by atoms with Crippen molar-refractivity contribution < 1.29 is 9.32 Å². The van der Waals surface area contributed by atoms with Gasteiger partial charge in [-0.3, -0.25) is 4.79 Å². The minimum absolute atomic E-state index is 0.284. The Hall–Kier alpha value is -3.67. The molecule has 0 bridgehead atoms. The second-order valence-corrected chi connectivity index (χ2v) is 5.84. The van der Waals surface area contributed by atoms with Crippen LogP contribution in [-0.4, -0.2) is 16.8 Å². The van der Waals surface area contributed by atoms with Crippen LogP contribution in [0.3, 0.4) is 0 Å². The van der Waals surface area contributed by atoms with Crippen LogP contribution in [-0.2, 0) is 4.79 Å². The first-order valence-corrected chi connectivity index (χ1v) is 8.09. The average Bonchev–Trinajstić information content (AvgIpc) is 3.18. The van der Waals surface area contributed by atoms with Crippen LogP contribution >= 0.6 is 0 Å². The molecule has 6 heteroatoms. The third-order valence-corrected chi connectivity index (χ3v) is 4.15. The molecule has 1 N–H and O–H groups in total. The number of H-pyrrole nitrogens is 1. The monoisotopic (exact) mass is 345 g/mol. The van der Waals surface area contributed by atoms with Crippen molar-refractivity contribution in [2.45, 2.75) is 6.92 Å². The van der Waals surface area contributed by atoms with E-state index in [0.29, 0.717) is 28.2 Å². The summed E-state index contributed by atoms with van der Waals surface area (Å²) in [6.07, 6.45) is 1.54. The van der Waals surface area contributed by atoms with Crippen LogP contribution in [0.25, 0.3) is 17.3 Å². The number of aromatic nitrogens is 1. The Morgan fingerprint density at radius 3 is 2.35 bits per heavy atom. The third kappa shape index (κ3) is 2.67. The second-order valence-electron chi connectivity index (χ2n) is 5.84. The van der Waals surface area contributed by atoms with Crippen molar-refractivity contribution >= 4 is 23.4 Å². The van der Waals surface area contributed by atoms with E-state index >= 15 is 0 Å². The van der Waals surface area contributed by atoms with Crippen LogP contribution in [0.1, 0.15) is 12.5 Å². The Bertz CT molecular complexity index is 1080. The summed E-state index contributed by atoms with van der Waals surface area (Å²) in [4.78, 5) is 25.0. The van der Waals surface area contributed by atoms with Crippen LogP contribution in [0.2, 0.25) is 0 Å². The number of nitrogens with one attached hydrogen (secondary N) is 1. The molecule has 6 nitrogen and oxygen atoms in total. The number of hydrogen-bond acceptors (Lipinski definition) is 4. The first-order chi connectivity index (χ1) is 12.6. The van der Waals surface area contributed by atoms with E-state index in [9.17, 15) is 9.59 Å². The highest BCUT2D eigenvalue weighted by atomic mass is 16.5. The number of hydrogen-bond donors (Lipinski definition) is 1. The fourth-order valence-corrected chi connectivity index (χ4v) is 2.83. The van der Waals surface area contributed by atoms with Gasteiger partial charge in [-0.1, -0.05) is 48.5 Å². The number of hydrazone groups is 1. The molecule has 0 unspecified atom stereocenters. The Kier molecular flexibility index (Phi) is 3.85. The summed E-state index contributed by atoms with van der Waals surface area (Å²) < 4.78 is 4.95. The molecule has 2 heterocycles. The van der Waals surface area contributed by atoms with Gasteiger partial charge < -0.3 is 4.52 Å². The first kappa shape index (κ1) is 15.8. The minimum Gasteiger partial charge on any atom is -0.338 e. The van der Waals surface area contributed by atoms with Gasteiger partial charge in [0, 0.05) is 5.56 Å². The van der Waals surface area contributed by atoms with Gasteiger partial charge in [-0.2, -0.15) is 10.1 Å². The third-order valence-electron chi connectivity index (χ3n) is 4.15. The van der Waals surface area contributed by atoms with Crippen LogP contribution < -0.4 is 10.6 Å². The Labute approximate surface area is 149 Å². The number of amides is 1. The van der Waals surface area contributed by atoms with E-state index in [1.807, 2.05) is 48.5 Å². The van der Waals surface area contributed by atoms with E-state index in [0.717, 1.165) is 5.56 Å². The molecule has 3 aromatic rings. The number of nitrogens with zero attached hydrogens (tertiary/aromatic N) is 2. The second kappa shape index (κ2) is 6.33. The van der Waals surface area contributed by atoms with Gasteiger partial charge in [0.25, 0.3) is 5.91 Å². The summed E-state index contributed by atoms with van der Waals surface area (Å²) in [6, 6.07) is 18.5. The molecule has 1 aliphatic heterocycles. The van der Waals surface area contributed by atoms with Gasteiger partial charge in [-0.15, -0.1) is 0 Å². The Morgan fingerprint density at radius 2 is 1.65 bits per heavy atom. The van der Waals surface area contributed by atoms with Crippen molar-refractivity contribution in [2.24, 2.45) is 5.10 Å². The number of aromatic amines is 1. The highest BCUT2D eigenvalue weighted by molar-refractivity contribution is 6.32. The van der Waals surface area contributed by atoms with Crippen molar-refractivity contribution in [3.63, 3.8) is 0 Å². The number of para-hydroxylation sites is 1. The molecule has 0 fully saturated rings. The minimum atomic E-state index is -0.532. The lowest BCUT2D eigenvalue weighted by molar-refractivity contribution is -0.114. The zero-order chi connectivity index (χ0) is 18.1. The van der Waals surface area contributed by atoms with Gasteiger partial charge in [0.15, 0.2) is 0 Å². The molecule has 1 amide bonds. The van der Waals surface area contributed by atoms with Crippen molar-refractivity contribution in [1.82, 2.24) is 5.16 Å². The molecule has 0 radical (unpaired) electrons. The van der Waals surface area contributed by atoms with Gasteiger partial charge in [0.2, 0.25) is 0 Å². The lowest BCUT2D eigenvalue weighted by atomic mass is 10.0. The molecule has 4 rings (SSSR count). The summed E-state index contributed by atoms with van der Waals surface area (Å²) in [5.41, 5.74) is 2.66. The van der Waals surface area contributed by atoms with Crippen molar-refractivity contribution in [1.29, 1.82) is 0 Å². The van der Waals surface area contributed by atoms with E-state index < -0.39 is 5.63 Å². The predicted octanol–water partition coefficient (Wildman–Crippen LogP) is 3.44. The van der Waals surface area contributed by atoms with Crippen LogP contribution in [0.4, 0.5) is 5.69 Å². The molecule has 26 heavy (non-hydrogen) atoms. The largest absolute Gasteiger partial charge is 0.365 e. The zero-order valence-electron chi connectivity index (χ0n) is 14.0. The number of carbonyl (C=O) groups is 1. The number of carbonyl (C=O) groups excluding carboxylic acids is 1. The maximum atomic E-state index is 12.8. The summed E-state index contributed by atoms with van der Waals surface area (Å²) in [7, 11) is 0. The molecule has 1 aliphatic rings. The summed E-state index contributed by atoms with van der Waals surface area (Å²) in [5, 5.41) is 8.29. The fourth-order valence-electron chi connectivity index (χ4n) is 2.83. The first-order valence-electron chi connectivity index (χ1n) is 8.09. The van der Waals surface area contributed by atoms with E-state index in [4.69, 9.17) is 4.52 Å². The summed E-state index contributed by atoms with van der Waals surface area (Å²) in [5.74, 6) is -0.284. The lowest BCUT2D eigenvalue weighted by Gasteiger charge is -2.10. The quantitative estimate of drug-likeness (QED) is 0.739. The number of anilines is 1. The van der Waals surface area contributed by atoms with Gasteiger partial charge in [0.05, 0.1) is 28.2 Å². The predicted molar refractivity (Wildman–Crippen MR) is 99.8 cm³/mol. The number of rotatable bonds is 3. The van der Waals surface area contributed by atoms with Crippen molar-refractivity contribution in [3.05, 3.63) is 82.2 Å². The van der Waals surface area contributed by atoms with E-state index in [2.05, 4.69) is 10.3 Å². The maximum absolute atomic E-state index is 12.8. The summed E-state index contributed by atoms with van der Waals surface area (Å²) >= 11 is 0.